The van der Waals surface area contributed by atoms with E-state index in [0.29, 0.717) is 12.5 Å². The maximum Gasteiger partial charge on any atom is 0.142 e. The second-order valence-electron chi connectivity index (χ2n) is 5.68. The van der Waals surface area contributed by atoms with Gasteiger partial charge in [-0.3, -0.25) is 4.98 Å². The van der Waals surface area contributed by atoms with Crippen molar-refractivity contribution in [2.75, 3.05) is 27.3 Å². The van der Waals surface area contributed by atoms with Crippen molar-refractivity contribution in [1.29, 1.82) is 0 Å². The van der Waals surface area contributed by atoms with Crippen molar-refractivity contribution in [3.63, 3.8) is 0 Å². The van der Waals surface area contributed by atoms with Gasteiger partial charge in [0.2, 0.25) is 0 Å². The van der Waals surface area contributed by atoms with Gasteiger partial charge in [-0.25, -0.2) is 0 Å². The first-order valence-electron chi connectivity index (χ1n) is 6.95. The Kier molecular flexibility index (Phi) is 4.77. The van der Waals surface area contributed by atoms with Crippen molar-refractivity contribution in [3.05, 3.63) is 23.5 Å². The SMILES string of the molecule is CC(C)c1ccc(OC2CCOC2)c(CN(C)C)n1. The molecule has 1 aliphatic heterocycles. The summed E-state index contributed by atoms with van der Waals surface area (Å²) < 4.78 is 11.4. The predicted molar refractivity (Wildman–Crippen MR) is 75.6 cm³/mol. The van der Waals surface area contributed by atoms with Crippen molar-refractivity contribution in [1.82, 2.24) is 9.88 Å². The molecule has 0 aromatic carbocycles. The molecular formula is C15H24N2O2. The Morgan fingerprint density at radius 3 is 2.79 bits per heavy atom. The molecule has 4 heteroatoms. The molecule has 19 heavy (non-hydrogen) atoms. The van der Waals surface area contributed by atoms with Gasteiger partial charge in [0.25, 0.3) is 0 Å². The van der Waals surface area contributed by atoms with E-state index >= 15 is 0 Å². The van der Waals surface area contributed by atoms with E-state index in [2.05, 4.69) is 30.9 Å². The smallest absolute Gasteiger partial charge is 0.142 e. The summed E-state index contributed by atoms with van der Waals surface area (Å²) in [7, 11) is 4.10. The Bertz CT molecular complexity index is 413. The quantitative estimate of drug-likeness (QED) is 0.818. The van der Waals surface area contributed by atoms with Crippen LogP contribution in [0.4, 0.5) is 0 Å². The Hall–Kier alpha value is -1.13. The highest BCUT2D eigenvalue weighted by Gasteiger charge is 2.19. The van der Waals surface area contributed by atoms with Crippen LogP contribution in [0.15, 0.2) is 12.1 Å². The molecule has 2 rings (SSSR count). The fourth-order valence-electron chi connectivity index (χ4n) is 2.13. The third-order valence-corrected chi connectivity index (χ3v) is 3.19. The minimum absolute atomic E-state index is 0.174. The summed E-state index contributed by atoms with van der Waals surface area (Å²) >= 11 is 0. The van der Waals surface area contributed by atoms with E-state index in [9.17, 15) is 0 Å². The molecule has 1 atom stereocenters. The topological polar surface area (TPSA) is 34.6 Å². The average Bonchev–Trinajstić information content (AvgIpc) is 2.83. The minimum Gasteiger partial charge on any atom is -0.486 e. The second kappa shape index (κ2) is 6.35. The number of nitrogens with zero attached hydrogens (tertiary/aromatic N) is 2. The first-order valence-corrected chi connectivity index (χ1v) is 6.95. The molecule has 0 aliphatic carbocycles. The fraction of sp³-hybridized carbons (Fsp3) is 0.667. The highest BCUT2D eigenvalue weighted by molar-refractivity contribution is 5.30. The van der Waals surface area contributed by atoms with E-state index in [4.69, 9.17) is 14.5 Å². The maximum absolute atomic E-state index is 6.03. The van der Waals surface area contributed by atoms with E-state index in [1.807, 2.05) is 14.1 Å². The molecule has 1 saturated heterocycles. The molecule has 0 spiro atoms. The van der Waals surface area contributed by atoms with Crippen LogP contribution in [0.3, 0.4) is 0 Å². The summed E-state index contributed by atoms with van der Waals surface area (Å²) in [6.45, 7) is 6.60. The van der Waals surface area contributed by atoms with Gasteiger partial charge in [-0.15, -0.1) is 0 Å². The first kappa shape index (κ1) is 14.3. The molecule has 1 aromatic rings. The molecular weight excluding hydrogens is 240 g/mol. The van der Waals surface area contributed by atoms with Gasteiger partial charge in [-0.05, 0) is 32.1 Å². The van der Waals surface area contributed by atoms with Crippen LogP contribution >= 0.6 is 0 Å². The lowest BCUT2D eigenvalue weighted by Crippen LogP contribution is -2.19. The maximum atomic E-state index is 6.03. The summed E-state index contributed by atoms with van der Waals surface area (Å²) in [5.41, 5.74) is 2.13. The zero-order chi connectivity index (χ0) is 13.8. The van der Waals surface area contributed by atoms with E-state index in [0.717, 1.165) is 36.7 Å². The van der Waals surface area contributed by atoms with Gasteiger partial charge < -0.3 is 14.4 Å². The zero-order valence-electron chi connectivity index (χ0n) is 12.3. The number of rotatable bonds is 5. The Labute approximate surface area is 115 Å². The molecule has 0 N–H and O–H groups in total. The van der Waals surface area contributed by atoms with Gasteiger partial charge in [0.05, 0.1) is 18.9 Å². The van der Waals surface area contributed by atoms with Crippen LogP contribution in [0.1, 0.15) is 37.6 Å². The van der Waals surface area contributed by atoms with Gasteiger partial charge in [-0.1, -0.05) is 13.8 Å². The third kappa shape index (κ3) is 3.91. The van der Waals surface area contributed by atoms with Gasteiger partial charge in [-0.2, -0.15) is 0 Å². The second-order valence-corrected chi connectivity index (χ2v) is 5.68. The molecule has 1 aromatic heterocycles. The lowest BCUT2D eigenvalue weighted by molar-refractivity contribution is 0.139. The fourth-order valence-corrected chi connectivity index (χ4v) is 2.13. The van der Waals surface area contributed by atoms with Gasteiger partial charge >= 0.3 is 0 Å². The highest BCUT2D eigenvalue weighted by atomic mass is 16.5. The van der Waals surface area contributed by atoms with E-state index in [-0.39, 0.29) is 6.10 Å². The molecule has 0 radical (unpaired) electrons. The van der Waals surface area contributed by atoms with Crippen molar-refractivity contribution >= 4 is 0 Å². The minimum atomic E-state index is 0.174. The number of hydrogen-bond acceptors (Lipinski definition) is 4. The third-order valence-electron chi connectivity index (χ3n) is 3.19. The molecule has 1 unspecified atom stereocenters. The lowest BCUT2D eigenvalue weighted by atomic mass is 10.1. The van der Waals surface area contributed by atoms with Gasteiger partial charge in [0, 0.05) is 18.7 Å². The summed E-state index contributed by atoms with van der Waals surface area (Å²) in [5.74, 6) is 1.33. The monoisotopic (exact) mass is 264 g/mol. The number of aromatic nitrogens is 1. The zero-order valence-corrected chi connectivity index (χ0v) is 12.3. The molecule has 1 aliphatic rings. The standard InChI is InChI=1S/C15H24N2O2/c1-11(2)13-5-6-15(14(16-13)9-17(3)4)19-12-7-8-18-10-12/h5-6,11-12H,7-10H2,1-4H3. The Balaban J connectivity index is 2.19. The lowest BCUT2D eigenvalue weighted by Gasteiger charge is -2.18. The summed E-state index contributed by atoms with van der Waals surface area (Å²) in [6.07, 6.45) is 1.14. The van der Waals surface area contributed by atoms with Crippen LogP contribution in [-0.2, 0) is 11.3 Å². The Morgan fingerprint density at radius 1 is 1.42 bits per heavy atom. The largest absolute Gasteiger partial charge is 0.486 e. The first-order chi connectivity index (χ1) is 9.06. The van der Waals surface area contributed by atoms with Crippen molar-refractivity contribution < 1.29 is 9.47 Å². The molecule has 0 saturated carbocycles. The van der Waals surface area contributed by atoms with Crippen LogP contribution in [0.5, 0.6) is 5.75 Å². The summed E-state index contributed by atoms with van der Waals surface area (Å²) in [5, 5.41) is 0. The Morgan fingerprint density at radius 2 is 2.21 bits per heavy atom. The van der Waals surface area contributed by atoms with Crippen LogP contribution < -0.4 is 4.74 Å². The van der Waals surface area contributed by atoms with E-state index in [1.165, 1.54) is 0 Å². The van der Waals surface area contributed by atoms with Crippen LogP contribution in [0.2, 0.25) is 0 Å². The van der Waals surface area contributed by atoms with Crippen molar-refractivity contribution in [2.45, 2.75) is 38.8 Å². The molecule has 0 bridgehead atoms. The summed E-state index contributed by atoms with van der Waals surface area (Å²) in [4.78, 5) is 6.86. The predicted octanol–water partition coefficient (Wildman–Crippen LogP) is 2.43. The van der Waals surface area contributed by atoms with E-state index in [1.54, 1.807) is 0 Å². The van der Waals surface area contributed by atoms with Crippen LogP contribution in [0.25, 0.3) is 0 Å². The van der Waals surface area contributed by atoms with E-state index < -0.39 is 0 Å². The van der Waals surface area contributed by atoms with Crippen LogP contribution in [-0.4, -0.2) is 43.3 Å². The molecule has 1 fully saturated rings. The van der Waals surface area contributed by atoms with Gasteiger partial charge in [0.15, 0.2) is 0 Å². The number of ether oxygens (including phenoxy) is 2. The average molecular weight is 264 g/mol. The highest BCUT2D eigenvalue weighted by Crippen LogP contribution is 2.24. The van der Waals surface area contributed by atoms with Gasteiger partial charge in [0.1, 0.15) is 11.9 Å². The van der Waals surface area contributed by atoms with Crippen molar-refractivity contribution in [2.24, 2.45) is 0 Å². The molecule has 0 amide bonds. The number of hydrogen-bond donors (Lipinski definition) is 0. The number of pyridine rings is 1. The summed E-state index contributed by atoms with van der Waals surface area (Å²) in [6, 6.07) is 4.12. The molecule has 106 valence electrons. The normalized spacial score (nSPS) is 19.4. The van der Waals surface area contributed by atoms with Crippen molar-refractivity contribution in [3.8, 4) is 5.75 Å². The molecule has 2 heterocycles. The molecule has 4 nitrogen and oxygen atoms in total. The van der Waals surface area contributed by atoms with Crippen LogP contribution in [0, 0.1) is 0 Å².